The Balaban J connectivity index is 1.76. The van der Waals surface area contributed by atoms with Gasteiger partial charge in [0.15, 0.2) is 9.84 Å². The van der Waals surface area contributed by atoms with Crippen LogP contribution in [0.4, 0.5) is 5.69 Å². The summed E-state index contributed by atoms with van der Waals surface area (Å²) in [4.78, 5) is 11.8. The molecule has 116 valence electrons. The molecule has 0 spiro atoms. The van der Waals surface area contributed by atoms with Crippen molar-refractivity contribution in [1.82, 2.24) is 5.32 Å². The molecule has 21 heavy (non-hydrogen) atoms. The first-order chi connectivity index (χ1) is 9.98. The molecule has 1 unspecified atom stereocenters. The van der Waals surface area contributed by atoms with Crippen LogP contribution in [0.5, 0.6) is 5.75 Å². The molecule has 1 aromatic rings. The number of carbonyl (C=O) groups is 1. The smallest absolute Gasteiger partial charge is 0.238 e. The lowest BCUT2D eigenvalue weighted by Crippen LogP contribution is -2.36. The maximum Gasteiger partial charge on any atom is 0.238 e. The first-order valence-corrected chi connectivity index (χ1v) is 8.77. The van der Waals surface area contributed by atoms with Crippen LogP contribution in [0.15, 0.2) is 24.3 Å². The average Bonchev–Trinajstić information content (AvgIpc) is 2.79. The molecule has 0 radical (unpaired) electrons. The highest BCUT2D eigenvalue weighted by molar-refractivity contribution is 7.91. The van der Waals surface area contributed by atoms with Crippen molar-refractivity contribution < 1.29 is 17.9 Å². The van der Waals surface area contributed by atoms with Gasteiger partial charge < -0.3 is 15.4 Å². The first-order valence-electron chi connectivity index (χ1n) is 6.95. The molecule has 6 nitrogen and oxygen atoms in total. The summed E-state index contributed by atoms with van der Waals surface area (Å²) >= 11 is 0. The van der Waals surface area contributed by atoms with E-state index in [2.05, 4.69) is 10.6 Å². The van der Waals surface area contributed by atoms with E-state index in [1.54, 1.807) is 24.3 Å². The summed E-state index contributed by atoms with van der Waals surface area (Å²) in [5.74, 6) is 0.877. The fraction of sp³-hybridized carbons (Fsp3) is 0.500. The van der Waals surface area contributed by atoms with Gasteiger partial charge in [-0.25, -0.2) is 8.42 Å². The number of rotatable bonds is 6. The summed E-state index contributed by atoms with van der Waals surface area (Å²) in [5, 5.41) is 5.72. The standard InChI is InChI=1S/C14H20N2O4S/c1-2-20-13-5-3-11(4-6-13)16-14(17)9-15-12-7-8-21(18,19)10-12/h3-6,12,15H,2,7-10H2,1H3,(H,16,17). The Labute approximate surface area is 124 Å². The van der Waals surface area contributed by atoms with Crippen LogP contribution in [-0.4, -0.2) is 45.0 Å². The Bertz CT molecular complexity index is 583. The molecular weight excluding hydrogens is 292 g/mol. The number of benzene rings is 1. The third-order valence-corrected chi connectivity index (χ3v) is 5.00. The summed E-state index contributed by atoms with van der Waals surface area (Å²) in [5.41, 5.74) is 0.685. The van der Waals surface area contributed by atoms with E-state index in [0.29, 0.717) is 18.7 Å². The predicted octanol–water partition coefficient (Wildman–Crippen LogP) is 0.800. The van der Waals surface area contributed by atoms with E-state index in [9.17, 15) is 13.2 Å². The van der Waals surface area contributed by atoms with E-state index < -0.39 is 9.84 Å². The number of amides is 1. The molecule has 2 N–H and O–H groups in total. The Morgan fingerprint density at radius 2 is 2.05 bits per heavy atom. The van der Waals surface area contributed by atoms with Crippen LogP contribution in [-0.2, 0) is 14.6 Å². The molecule has 1 fully saturated rings. The number of hydrogen-bond acceptors (Lipinski definition) is 5. The Morgan fingerprint density at radius 1 is 1.33 bits per heavy atom. The van der Waals surface area contributed by atoms with E-state index in [1.807, 2.05) is 6.92 Å². The third kappa shape index (κ3) is 5.02. The molecular formula is C14H20N2O4S. The molecule has 1 saturated heterocycles. The topological polar surface area (TPSA) is 84.5 Å². The lowest BCUT2D eigenvalue weighted by molar-refractivity contribution is -0.115. The van der Waals surface area contributed by atoms with Crippen LogP contribution >= 0.6 is 0 Å². The van der Waals surface area contributed by atoms with Gasteiger partial charge in [0.25, 0.3) is 0 Å². The fourth-order valence-electron chi connectivity index (χ4n) is 2.20. The van der Waals surface area contributed by atoms with E-state index in [1.165, 1.54) is 0 Å². The highest BCUT2D eigenvalue weighted by Crippen LogP contribution is 2.15. The van der Waals surface area contributed by atoms with Gasteiger partial charge in [-0.2, -0.15) is 0 Å². The minimum atomic E-state index is -2.92. The van der Waals surface area contributed by atoms with Gasteiger partial charge in [-0.1, -0.05) is 0 Å². The van der Waals surface area contributed by atoms with Gasteiger partial charge in [0.05, 0.1) is 24.7 Å². The van der Waals surface area contributed by atoms with Gasteiger partial charge in [0.1, 0.15) is 5.75 Å². The quantitative estimate of drug-likeness (QED) is 0.812. The molecule has 0 aliphatic carbocycles. The van der Waals surface area contributed by atoms with Crippen molar-refractivity contribution in [3.8, 4) is 5.75 Å². The number of sulfone groups is 1. The van der Waals surface area contributed by atoms with Crippen molar-refractivity contribution in [1.29, 1.82) is 0 Å². The minimum Gasteiger partial charge on any atom is -0.494 e. The molecule has 1 aliphatic rings. The SMILES string of the molecule is CCOc1ccc(NC(=O)CNC2CCS(=O)(=O)C2)cc1. The van der Waals surface area contributed by atoms with Crippen LogP contribution < -0.4 is 15.4 Å². The van der Waals surface area contributed by atoms with E-state index in [-0.39, 0.29) is 30.0 Å². The highest BCUT2D eigenvalue weighted by atomic mass is 32.2. The monoisotopic (exact) mass is 312 g/mol. The van der Waals surface area contributed by atoms with Crippen molar-refractivity contribution in [3.05, 3.63) is 24.3 Å². The summed E-state index contributed by atoms with van der Waals surface area (Å²) in [6.45, 7) is 2.61. The second kappa shape index (κ2) is 6.91. The molecule has 0 bridgehead atoms. The van der Waals surface area contributed by atoms with Crippen molar-refractivity contribution in [2.75, 3.05) is 30.0 Å². The van der Waals surface area contributed by atoms with Gasteiger partial charge >= 0.3 is 0 Å². The highest BCUT2D eigenvalue weighted by Gasteiger charge is 2.27. The molecule has 1 heterocycles. The molecule has 1 atom stereocenters. The zero-order chi connectivity index (χ0) is 15.3. The zero-order valence-electron chi connectivity index (χ0n) is 12.0. The fourth-order valence-corrected chi connectivity index (χ4v) is 3.91. The summed E-state index contributed by atoms with van der Waals surface area (Å²) in [7, 11) is -2.92. The number of hydrogen-bond donors (Lipinski definition) is 2. The Hall–Kier alpha value is -1.60. The number of carbonyl (C=O) groups excluding carboxylic acids is 1. The van der Waals surface area contributed by atoms with Gasteiger partial charge in [-0.05, 0) is 37.6 Å². The lowest BCUT2D eigenvalue weighted by Gasteiger charge is -2.11. The Kier molecular flexibility index (Phi) is 5.19. The third-order valence-electron chi connectivity index (χ3n) is 3.23. The molecule has 2 rings (SSSR count). The average molecular weight is 312 g/mol. The number of nitrogens with one attached hydrogen (secondary N) is 2. The summed E-state index contributed by atoms with van der Waals surface area (Å²) in [6.07, 6.45) is 0.568. The van der Waals surface area contributed by atoms with Crippen molar-refractivity contribution in [2.24, 2.45) is 0 Å². The first kappa shape index (κ1) is 15.8. The maximum absolute atomic E-state index is 11.8. The van der Waals surface area contributed by atoms with Gasteiger partial charge in [0, 0.05) is 11.7 Å². The van der Waals surface area contributed by atoms with Crippen LogP contribution in [0, 0.1) is 0 Å². The summed E-state index contributed by atoms with van der Waals surface area (Å²) in [6, 6.07) is 6.99. The lowest BCUT2D eigenvalue weighted by atomic mass is 10.2. The maximum atomic E-state index is 11.8. The zero-order valence-corrected chi connectivity index (χ0v) is 12.8. The number of ether oxygens (including phenoxy) is 1. The molecule has 1 amide bonds. The minimum absolute atomic E-state index is 0.105. The Morgan fingerprint density at radius 3 is 2.62 bits per heavy atom. The second-order valence-electron chi connectivity index (χ2n) is 4.99. The van der Waals surface area contributed by atoms with Gasteiger partial charge in [-0.3, -0.25) is 4.79 Å². The number of anilines is 1. The molecule has 1 aromatic carbocycles. The van der Waals surface area contributed by atoms with Crippen molar-refractivity contribution in [3.63, 3.8) is 0 Å². The van der Waals surface area contributed by atoms with Crippen LogP contribution in [0.25, 0.3) is 0 Å². The molecule has 7 heteroatoms. The summed E-state index contributed by atoms with van der Waals surface area (Å²) < 4.78 is 27.9. The van der Waals surface area contributed by atoms with Crippen molar-refractivity contribution in [2.45, 2.75) is 19.4 Å². The van der Waals surface area contributed by atoms with Crippen LogP contribution in [0.2, 0.25) is 0 Å². The molecule has 1 aliphatic heterocycles. The normalized spacial score (nSPS) is 20.1. The molecule has 0 saturated carbocycles. The largest absolute Gasteiger partial charge is 0.494 e. The van der Waals surface area contributed by atoms with Gasteiger partial charge in [-0.15, -0.1) is 0 Å². The molecule has 0 aromatic heterocycles. The van der Waals surface area contributed by atoms with Crippen LogP contribution in [0.1, 0.15) is 13.3 Å². The van der Waals surface area contributed by atoms with E-state index >= 15 is 0 Å². The van der Waals surface area contributed by atoms with Gasteiger partial charge in [0.2, 0.25) is 5.91 Å². The van der Waals surface area contributed by atoms with Crippen molar-refractivity contribution >= 4 is 21.4 Å². The second-order valence-corrected chi connectivity index (χ2v) is 7.22. The van der Waals surface area contributed by atoms with Crippen LogP contribution in [0.3, 0.4) is 0 Å². The van der Waals surface area contributed by atoms with E-state index in [4.69, 9.17) is 4.74 Å². The predicted molar refractivity (Wildman–Crippen MR) is 81.3 cm³/mol. The van der Waals surface area contributed by atoms with E-state index in [0.717, 1.165) is 5.75 Å².